The summed E-state index contributed by atoms with van der Waals surface area (Å²) in [6, 6.07) is 8.97. The molecule has 0 radical (unpaired) electrons. The first-order chi connectivity index (χ1) is 10.9. The smallest absolute Gasteiger partial charge is 0.251 e. The largest absolute Gasteiger partial charge is 0.497 e. The number of methoxy groups -OCH3 is 1. The van der Waals surface area contributed by atoms with Gasteiger partial charge in [0.1, 0.15) is 5.75 Å². The summed E-state index contributed by atoms with van der Waals surface area (Å²) in [5, 5.41) is 12.8. The Hall–Kier alpha value is -2.47. The molecule has 2 N–H and O–H groups in total. The van der Waals surface area contributed by atoms with Gasteiger partial charge in [-0.2, -0.15) is 0 Å². The zero-order chi connectivity index (χ0) is 17.0. The minimum atomic E-state index is -1.17. The van der Waals surface area contributed by atoms with Crippen LogP contribution >= 0.6 is 0 Å². The van der Waals surface area contributed by atoms with Crippen molar-refractivity contribution in [2.24, 2.45) is 0 Å². The molecule has 0 heterocycles. The predicted octanol–water partition coefficient (Wildman–Crippen LogP) is 2.83. The normalized spacial score (nSPS) is 13.3. The van der Waals surface area contributed by atoms with Crippen molar-refractivity contribution < 1.29 is 23.4 Å². The van der Waals surface area contributed by atoms with E-state index in [4.69, 9.17) is 4.74 Å². The Morgan fingerprint density at radius 1 is 1.17 bits per heavy atom. The van der Waals surface area contributed by atoms with Crippen LogP contribution in [0.4, 0.5) is 8.78 Å². The van der Waals surface area contributed by atoms with Crippen LogP contribution in [0.1, 0.15) is 28.9 Å². The molecule has 2 atom stereocenters. The van der Waals surface area contributed by atoms with Crippen molar-refractivity contribution >= 4 is 5.91 Å². The third-order valence-corrected chi connectivity index (χ3v) is 3.45. The van der Waals surface area contributed by atoms with Gasteiger partial charge in [0.2, 0.25) is 0 Å². The van der Waals surface area contributed by atoms with Gasteiger partial charge in [0.25, 0.3) is 5.91 Å². The fourth-order valence-electron chi connectivity index (χ4n) is 2.12. The fraction of sp³-hybridized carbons (Fsp3) is 0.235. The maximum Gasteiger partial charge on any atom is 0.251 e. The van der Waals surface area contributed by atoms with Crippen molar-refractivity contribution in [1.82, 2.24) is 5.32 Å². The van der Waals surface area contributed by atoms with Gasteiger partial charge in [-0.25, -0.2) is 8.78 Å². The van der Waals surface area contributed by atoms with Crippen LogP contribution in [0.2, 0.25) is 0 Å². The molecule has 0 saturated carbocycles. The molecule has 0 aliphatic heterocycles. The molecule has 2 rings (SSSR count). The number of halogens is 2. The van der Waals surface area contributed by atoms with Gasteiger partial charge in [-0.05, 0) is 42.8 Å². The molecule has 0 aliphatic rings. The summed E-state index contributed by atoms with van der Waals surface area (Å²) in [5.74, 6) is -1.91. The molecular formula is C17H17F2NO3. The first-order valence-corrected chi connectivity index (χ1v) is 7.00. The third-order valence-electron chi connectivity index (χ3n) is 3.45. The molecule has 2 aromatic rings. The van der Waals surface area contributed by atoms with Crippen molar-refractivity contribution in [2.45, 2.75) is 19.1 Å². The number of carbonyl (C=O) groups excluding carboxylic acids is 1. The summed E-state index contributed by atoms with van der Waals surface area (Å²) in [5.41, 5.74) is 0.552. The predicted molar refractivity (Wildman–Crippen MR) is 81.2 cm³/mol. The number of hydrogen-bond acceptors (Lipinski definition) is 3. The SMILES string of the molecule is COc1cccc(C(=O)NC(C)C(O)c2ccc(F)c(F)c2)c1. The minimum Gasteiger partial charge on any atom is -0.497 e. The lowest BCUT2D eigenvalue weighted by Gasteiger charge is -2.21. The van der Waals surface area contributed by atoms with E-state index in [2.05, 4.69) is 5.32 Å². The van der Waals surface area contributed by atoms with Crippen LogP contribution in [0.25, 0.3) is 0 Å². The van der Waals surface area contributed by atoms with E-state index in [0.29, 0.717) is 11.3 Å². The molecule has 1 amide bonds. The number of aliphatic hydroxyl groups excluding tert-OH is 1. The molecule has 0 aromatic heterocycles. The summed E-state index contributed by atoms with van der Waals surface area (Å²) in [4.78, 5) is 12.2. The second-order valence-electron chi connectivity index (χ2n) is 5.11. The highest BCUT2D eigenvalue weighted by atomic mass is 19.2. The van der Waals surface area contributed by atoms with Crippen LogP contribution in [0.3, 0.4) is 0 Å². The van der Waals surface area contributed by atoms with Gasteiger partial charge in [-0.15, -0.1) is 0 Å². The number of carbonyl (C=O) groups is 1. The quantitative estimate of drug-likeness (QED) is 0.890. The number of hydrogen-bond donors (Lipinski definition) is 2. The number of benzene rings is 2. The van der Waals surface area contributed by atoms with Gasteiger partial charge in [0.15, 0.2) is 11.6 Å². The molecule has 6 heteroatoms. The van der Waals surface area contributed by atoms with Crippen molar-refractivity contribution in [1.29, 1.82) is 0 Å². The number of ether oxygens (including phenoxy) is 1. The lowest BCUT2D eigenvalue weighted by molar-refractivity contribution is 0.0851. The second-order valence-corrected chi connectivity index (χ2v) is 5.11. The zero-order valence-corrected chi connectivity index (χ0v) is 12.7. The van der Waals surface area contributed by atoms with Crippen LogP contribution < -0.4 is 10.1 Å². The molecule has 0 bridgehead atoms. The van der Waals surface area contributed by atoms with Gasteiger partial charge in [-0.1, -0.05) is 12.1 Å². The van der Waals surface area contributed by atoms with Crippen LogP contribution in [-0.4, -0.2) is 24.2 Å². The number of rotatable bonds is 5. The standard InChI is InChI=1S/C17H17F2NO3/c1-10(16(21)11-6-7-14(18)15(19)9-11)20-17(22)12-4-3-5-13(8-12)23-2/h3-10,16,21H,1-2H3,(H,20,22). The van der Waals surface area contributed by atoms with E-state index < -0.39 is 29.7 Å². The summed E-state index contributed by atoms with van der Waals surface area (Å²) < 4.78 is 31.2. The second kappa shape index (κ2) is 7.19. The third kappa shape index (κ3) is 4.04. The Bertz CT molecular complexity index is 706. The van der Waals surface area contributed by atoms with Crippen LogP contribution in [0, 0.1) is 11.6 Å². The number of amides is 1. The van der Waals surface area contributed by atoms with E-state index in [-0.39, 0.29) is 5.56 Å². The number of aliphatic hydroxyl groups is 1. The van der Waals surface area contributed by atoms with Crippen molar-refractivity contribution in [2.75, 3.05) is 7.11 Å². The van der Waals surface area contributed by atoms with Gasteiger partial charge in [0.05, 0.1) is 19.3 Å². The molecule has 0 saturated heterocycles. The monoisotopic (exact) mass is 321 g/mol. The van der Waals surface area contributed by atoms with Crippen molar-refractivity contribution in [3.63, 3.8) is 0 Å². The van der Waals surface area contributed by atoms with E-state index in [1.165, 1.54) is 13.2 Å². The summed E-state index contributed by atoms with van der Waals surface area (Å²) in [7, 11) is 1.49. The lowest BCUT2D eigenvalue weighted by atomic mass is 10.0. The van der Waals surface area contributed by atoms with E-state index in [9.17, 15) is 18.7 Å². The molecule has 23 heavy (non-hydrogen) atoms. The average molecular weight is 321 g/mol. The Morgan fingerprint density at radius 3 is 2.57 bits per heavy atom. The highest BCUT2D eigenvalue weighted by molar-refractivity contribution is 5.94. The molecule has 122 valence electrons. The topological polar surface area (TPSA) is 58.6 Å². The minimum absolute atomic E-state index is 0.183. The molecule has 2 aromatic carbocycles. The van der Waals surface area contributed by atoms with Crippen LogP contribution in [0.5, 0.6) is 5.75 Å². The van der Waals surface area contributed by atoms with Crippen LogP contribution in [0.15, 0.2) is 42.5 Å². The van der Waals surface area contributed by atoms with Gasteiger partial charge < -0.3 is 15.2 Å². The highest BCUT2D eigenvalue weighted by Gasteiger charge is 2.20. The van der Waals surface area contributed by atoms with E-state index in [1.807, 2.05) is 0 Å². The Kier molecular flexibility index (Phi) is 5.28. The fourth-order valence-corrected chi connectivity index (χ4v) is 2.12. The molecule has 0 aliphatic carbocycles. The van der Waals surface area contributed by atoms with Crippen molar-refractivity contribution in [3.05, 3.63) is 65.2 Å². The summed E-state index contributed by atoms with van der Waals surface area (Å²) >= 11 is 0. The van der Waals surface area contributed by atoms with E-state index in [0.717, 1.165) is 12.1 Å². The van der Waals surface area contributed by atoms with Crippen LogP contribution in [-0.2, 0) is 0 Å². The molecule has 0 spiro atoms. The van der Waals surface area contributed by atoms with Gasteiger partial charge >= 0.3 is 0 Å². The molecule has 0 fully saturated rings. The van der Waals surface area contributed by atoms with E-state index in [1.54, 1.807) is 31.2 Å². The Labute approximate surface area is 132 Å². The number of nitrogens with one attached hydrogen (secondary N) is 1. The molecule has 4 nitrogen and oxygen atoms in total. The highest BCUT2D eigenvalue weighted by Crippen LogP contribution is 2.20. The summed E-state index contributed by atoms with van der Waals surface area (Å²) in [6.07, 6.45) is -1.17. The first kappa shape index (κ1) is 16.9. The van der Waals surface area contributed by atoms with E-state index >= 15 is 0 Å². The Balaban J connectivity index is 2.09. The summed E-state index contributed by atoms with van der Waals surface area (Å²) in [6.45, 7) is 1.57. The van der Waals surface area contributed by atoms with Crippen molar-refractivity contribution in [3.8, 4) is 5.75 Å². The molecular weight excluding hydrogens is 304 g/mol. The first-order valence-electron chi connectivity index (χ1n) is 7.00. The maximum atomic E-state index is 13.2. The molecule has 2 unspecified atom stereocenters. The lowest BCUT2D eigenvalue weighted by Crippen LogP contribution is -2.37. The van der Waals surface area contributed by atoms with Gasteiger partial charge in [-0.3, -0.25) is 4.79 Å². The maximum absolute atomic E-state index is 13.2. The zero-order valence-electron chi connectivity index (χ0n) is 12.7. The Morgan fingerprint density at radius 2 is 1.91 bits per heavy atom. The average Bonchev–Trinajstić information content (AvgIpc) is 2.56. The van der Waals surface area contributed by atoms with Gasteiger partial charge in [0, 0.05) is 5.56 Å².